The van der Waals surface area contributed by atoms with Crippen molar-refractivity contribution in [3.8, 4) is 0 Å². The van der Waals surface area contributed by atoms with Crippen molar-refractivity contribution in [2.45, 2.75) is 6.04 Å². The maximum atomic E-state index is 11.5. The van der Waals surface area contributed by atoms with Gasteiger partial charge in [0.05, 0.1) is 17.9 Å². The summed E-state index contributed by atoms with van der Waals surface area (Å²) >= 11 is 3.26. The number of aryl methyl sites for hydroxylation is 1. The van der Waals surface area contributed by atoms with Gasteiger partial charge in [-0.05, 0) is 15.9 Å². The summed E-state index contributed by atoms with van der Waals surface area (Å²) in [6.07, 6.45) is 1.66. The molecule has 2 N–H and O–H groups in total. The van der Waals surface area contributed by atoms with E-state index in [2.05, 4.69) is 31.7 Å². The number of aromatic nitrogens is 2. The molecule has 0 aromatic carbocycles. The number of halogens is 1. The Morgan fingerprint density at radius 2 is 2.43 bits per heavy atom. The molecular formula is C8H11BrN4O. The minimum absolute atomic E-state index is 0.123. The van der Waals surface area contributed by atoms with Crippen molar-refractivity contribution in [3.63, 3.8) is 0 Å². The average Bonchev–Trinajstić information content (AvgIpc) is 2.10. The molecule has 0 aliphatic carbocycles. The van der Waals surface area contributed by atoms with Crippen molar-refractivity contribution in [1.82, 2.24) is 15.1 Å². The third kappa shape index (κ3) is 1.67. The Hall–Kier alpha value is -0.880. The SMILES string of the molecule is Cn1ncc(NC2CNC2)c(Br)c1=O. The van der Waals surface area contributed by atoms with E-state index in [4.69, 9.17) is 0 Å². The lowest BCUT2D eigenvalue weighted by atomic mass is 10.2. The fourth-order valence-corrected chi connectivity index (χ4v) is 1.70. The van der Waals surface area contributed by atoms with E-state index >= 15 is 0 Å². The molecule has 0 spiro atoms. The number of nitrogens with zero attached hydrogens (tertiary/aromatic N) is 2. The van der Waals surface area contributed by atoms with Crippen LogP contribution in [0, 0.1) is 0 Å². The van der Waals surface area contributed by atoms with Crippen molar-refractivity contribution >= 4 is 21.6 Å². The van der Waals surface area contributed by atoms with Gasteiger partial charge in [-0.2, -0.15) is 5.10 Å². The van der Waals surface area contributed by atoms with E-state index < -0.39 is 0 Å². The van der Waals surface area contributed by atoms with Crippen LogP contribution in [0.2, 0.25) is 0 Å². The smallest absolute Gasteiger partial charge is 0.282 e. The molecule has 14 heavy (non-hydrogen) atoms. The fraction of sp³-hybridized carbons (Fsp3) is 0.500. The molecule has 6 heteroatoms. The third-order valence-corrected chi connectivity index (χ3v) is 2.99. The van der Waals surface area contributed by atoms with E-state index in [1.807, 2.05) is 0 Å². The van der Waals surface area contributed by atoms with Gasteiger partial charge in [0, 0.05) is 20.1 Å². The van der Waals surface area contributed by atoms with E-state index in [1.54, 1.807) is 13.2 Å². The second-order valence-corrected chi connectivity index (χ2v) is 4.09. The average molecular weight is 259 g/mol. The molecule has 1 aliphatic heterocycles. The van der Waals surface area contributed by atoms with Gasteiger partial charge >= 0.3 is 0 Å². The van der Waals surface area contributed by atoms with Crippen LogP contribution in [-0.2, 0) is 7.05 Å². The van der Waals surface area contributed by atoms with E-state index in [-0.39, 0.29) is 5.56 Å². The zero-order chi connectivity index (χ0) is 10.1. The number of hydrogen-bond acceptors (Lipinski definition) is 4. The van der Waals surface area contributed by atoms with Crippen molar-refractivity contribution in [1.29, 1.82) is 0 Å². The minimum atomic E-state index is -0.123. The maximum Gasteiger partial charge on any atom is 0.282 e. The van der Waals surface area contributed by atoms with E-state index in [1.165, 1.54) is 4.68 Å². The van der Waals surface area contributed by atoms with Crippen LogP contribution in [0.3, 0.4) is 0 Å². The van der Waals surface area contributed by atoms with E-state index in [0.29, 0.717) is 10.5 Å². The lowest BCUT2D eigenvalue weighted by molar-refractivity contribution is 0.471. The molecule has 1 aromatic heterocycles. The van der Waals surface area contributed by atoms with Gasteiger partial charge in [-0.15, -0.1) is 0 Å². The highest BCUT2D eigenvalue weighted by Gasteiger charge is 2.18. The molecule has 1 aliphatic rings. The summed E-state index contributed by atoms with van der Waals surface area (Å²) in [5, 5.41) is 10.3. The van der Waals surface area contributed by atoms with Crippen molar-refractivity contribution in [2.75, 3.05) is 18.4 Å². The molecule has 0 saturated carbocycles. The number of hydrogen-bond donors (Lipinski definition) is 2. The topological polar surface area (TPSA) is 59.0 Å². The highest BCUT2D eigenvalue weighted by molar-refractivity contribution is 9.10. The number of anilines is 1. The Morgan fingerprint density at radius 1 is 1.71 bits per heavy atom. The largest absolute Gasteiger partial charge is 0.377 e. The molecule has 1 fully saturated rings. The van der Waals surface area contributed by atoms with Crippen LogP contribution in [0.5, 0.6) is 0 Å². The van der Waals surface area contributed by atoms with Crippen molar-refractivity contribution in [3.05, 3.63) is 21.0 Å². The molecule has 2 rings (SSSR count). The second-order valence-electron chi connectivity index (χ2n) is 3.30. The highest BCUT2D eigenvalue weighted by atomic mass is 79.9. The van der Waals surface area contributed by atoms with Crippen LogP contribution in [0.1, 0.15) is 0 Å². The first-order valence-corrected chi connectivity index (χ1v) is 5.17. The summed E-state index contributed by atoms with van der Waals surface area (Å²) in [4.78, 5) is 11.5. The summed E-state index contributed by atoms with van der Waals surface area (Å²) in [7, 11) is 1.63. The first kappa shape index (κ1) is 9.67. The molecular weight excluding hydrogens is 248 g/mol. The molecule has 5 nitrogen and oxygen atoms in total. The van der Waals surface area contributed by atoms with Crippen LogP contribution in [0.4, 0.5) is 5.69 Å². The lowest BCUT2D eigenvalue weighted by Gasteiger charge is -2.29. The summed E-state index contributed by atoms with van der Waals surface area (Å²) in [5.41, 5.74) is 0.641. The zero-order valence-corrected chi connectivity index (χ0v) is 9.34. The Bertz CT molecular complexity index is 399. The summed E-state index contributed by atoms with van der Waals surface area (Å²) in [6.45, 7) is 1.86. The molecule has 1 aromatic rings. The van der Waals surface area contributed by atoms with Gasteiger partial charge < -0.3 is 10.6 Å². The molecule has 0 radical (unpaired) electrons. The lowest BCUT2D eigenvalue weighted by Crippen LogP contribution is -2.51. The van der Waals surface area contributed by atoms with Gasteiger partial charge in [-0.1, -0.05) is 0 Å². The minimum Gasteiger partial charge on any atom is -0.377 e. The van der Waals surface area contributed by atoms with E-state index in [9.17, 15) is 4.79 Å². The van der Waals surface area contributed by atoms with Crippen LogP contribution >= 0.6 is 15.9 Å². The van der Waals surface area contributed by atoms with Crippen molar-refractivity contribution in [2.24, 2.45) is 7.05 Å². The first-order valence-electron chi connectivity index (χ1n) is 4.37. The predicted molar refractivity (Wildman–Crippen MR) is 57.5 cm³/mol. The molecule has 2 heterocycles. The van der Waals surface area contributed by atoms with Crippen LogP contribution in [0.15, 0.2) is 15.5 Å². The van der Waals surface area contributed by atoms with Crippen LogP contribution < -0.4 is 16.2 Å². The molecule has 0 amide bonds. The van der Waals surface area contributed by atoms with Crippen LogP contribution in [-0.4, -0.2) is 28.9 Å². The molecule has 0 unspecified atom stereocenters. The molecule has 0 bridgehead atoms. The molecule has 0 atom stereocenters. The molecule has 76 valence electrons. The molecule has 1 saturated heterocycles. The first-order chi connectivity index (χ1) is 6.68. The second kappa shape index (κ2) is 3.70. The van der Waals surface area contributed by atoms with Gasteiger partial charge in [0.1, 0.15) is 4.47 Å². The fourth-order valence-electron chi connectivity index (χ4n) is 1.22. The summed E-state index contributed by atoms with van der Waals surface area (Å²) < 4.78 is 1.84. The Labute approximate surface area is 89.6 Å². The Balaban J connectivity index is 2.25. The highest BCUT2D eigenvalue weighted by Crippen LogP contribution is 2.17. The normalized spacial score (nSPS) is 16.4. The maximum absolute atomic E-state index is 11.5. The van der Waals surface area contributed by atoms with Gasteiger partial charge in [0.15, 0.2) is 0 Å². The monoisotopic (exact) mass is 258 g/mol. The van der Waals surface area contributed by atoms with Gasteiger partial charge in [0.25, 0.3) is 5.56 Å². The quantitative estimate of drug-likeness (QED) is 0.780. The van der Waals surface area contributed by atoms with E-state index in [0.717, 1.165) is 18.8 Å². The summed E-state index contributed by atoms with van der Waals surface area (Å²) in [6, 6.07) is 0.403. The Kier molecular flexibility index (Phi) is 2.56. The third-order valence-electron chi connectivity index (χ3n) is 2.22. The van der Waals surface area contributed by atoms with Crippen LogP contribution in [0.25, 0.3) is 0 Å². The zero-order valence-electron chi connectivity index (χ0n) is 7.75. The van der Waals surface area contributed by atoms with Crippen molar-refractivity contribution < 1.29 is 0 Å². The predicted octanol–water partition coefficient (Wildman–Crippen LogP) is -0.0735. The number of rotatable bonds is 2. The van der Waals surface area contributed by atoms with Gasteiger partial charge in [0.2, 0.25) is 0 Å². The number of nitrogens with one attached hydrogen (secondary N) is 2. The Morgan fingerprint density at radius 3 is 3.00 bits per heavy atom. The van der Waals surface area contributed by atoms with Gasteiger partial charge in [-0.25, -0.2) is 4.68 Å². The summed E-state index contributed by atoms with van der Waals surface area (Å²) in [5.74, 6) is 0. The standard InChI is InChI=1S/C8H11BrN4O/c1-13-8(14)7(9)6(4-11-13)12-5-2-10-3-5/h4-5,10,12H,2-3H2,1H3. The van der Waals surface area contributed by atoms with Gasteiger partial charge in [-0.3, -0.25) is 4.79 Å².